The Morgan fingerprint density at radius 3 is 2.41 bits per heavy atom. The summed E-state index contributed by atoms with van der Waals surface area (Å²) < 4.78 is 31.4. The van der Waals surface area contributed by atoms with Crippen molar-refractivity contribution in [2.24, 2.45) is 0 Å². The van der Waals surface area contributed by atoms with Crippen LogP contribution in [0.4, 0.5) is 0 Å². The van der Waals surface area contributed by atoms with E-state index in [0.29, 0.717) is 18.1 Å². The summed E-state index contributed by atoms with van der Waals surface area (Å²) in [6.07, 6.45) is 1.73. The van der Waals surface area contributed by atoms with Crippen molar-refractivity contribution >= 4 is 27.5 Å². The zero-order valence-corrected chi connectivity index (χ0v) is 20.0. The van der Waals surface area contributed by atoms with Crippen molar-refractivity contribution in [2.75, 3.05) is 12.4 Å². The van der Waals surface area contributed by atoms with Crippen molar-refractivity contribution in [3.05, 3.63) is 60.2 Å². The van der Waals surface area contributed by atoms with E-state index in [1.54, 1.807) is 19.1 Å². The molecule has 32 heavy (non-hydrogen) atoms. The second-order valence-electron chi connectivity index (χ2n) is 7.72. The van der Waals surface area contributed by atoms with Crippen LogP contribution in [0.25, 0.3) is 0 Å². The summed E-state index contributed by atoms with van der Waals surface area (Å²) in [5, 5.41) is 19.8. The van der Waals surface area contributed by atoms with E-state index in [1.165, 1.54) is 29.4 Å². The Morgan fingerprint density at radius 2 is 1.81 bits per heavy atom. The molecule has 0 saturated carbocycles. The number of benzene rings is 2. The maximum absolute atomic E-state index is 12.9. The first-order chi connectivity index (χ1) is 15.2. The van der Waals surface area contributed by atoms with Crippen LogP contribution in [0.5, 0.6) is 5.75 Å². The van der Waals surface area contributed by atoms with E-state index in [0.717, 1.165) is 18.4 Å². The molecule has 0 radical (unpaired) electrons. The number of carbonyl (C=O) groups excluding carboxylic acids is 1. The smallest absolute Gasteiger partial charge is 0.276 e. The van der Waals surface area contributed by atoms with E-state index < -0.39 is 27.1 Å². The van der Waals surface area contributed by atoms with Crippen molar-refractivity contribution in [2.45, 2.75) is 54.6 Å². The average Bonchev–Trinajstić information content (AvgIpc) is 2.78. The van der Waals surface area contributed by atoms with Gasteiger partial charge in [0, 0.05) is 11.0 Å². The lowest BCUT2D eigenvalue weighted by molar-refractivity contribution is -0.147. The molecule has 0 aliphatic carbocycles. The lowest BCUT2D eigenvalue weighted by Gasteiger charge is -2.28. The minimum atomic E-state index is -4.01. The van der Waals surface area contributed by atoms with Crippen molar-refractivity contribution in [1.29, 1.82) is 0 Å². The second kappa shape index (κ2) is 12.2. The van der Waals surface area contributed by atoms with Gasteiger partial charge in [-0.05, 0) is 42.7 Å². The summed E-state index contributed by atoms with van der Waals surface area (Å²) in [7, 11) is -4.01. The molecule has 2 unspecified atom stereocenters. The highest BCUT2D eigenvalue weighted by Gasteiger charge is 2.42. The quantitative estimate of drug-likeness (QED) is 0.228. The molecule has 3 N–H and O–H groups in total. The highest BCUT2D eigenvalue weighted by Crippen LogP contribution is 2.28. The van der Waals surface area contributed by atoms with Gasteiger partial charge in [0.25, 0.3) is 5.91 Å². The minimum absolute atomic E-state index is 0.0332. The van der Waals surface area contributed by atoms with Crippen LogP contribution in [0.3, 0.4) is 0 Å². The van der Waals surface area contributed by atoms with Crippen LogP contribution in [0.2, 0.25) is 0 Å². The lowest BCUT2D eigenvalue weighted by Crippen LogP contribution is -2.52. The largest absolute Gasteiger partial charge is 0.494 e. The predicted octanol–water partition coefficient (Wildman–Crippen LogP) is 3.59. The number of aliphatic hydroxyl groups is 1. The van der Waals surface area contributed by atoms with E-state index in [2.05, 4.69) is 0 Å². The Morgan fingerprint density at radius 1 is 1.16 bits per heavy atom. The molecule has 0 fully saturated rings. The standard InChI is InChI=1S/C23H31NO6S2/c1-3-4-14-30-20-10-12-21(13-11-20)32(28,29)17-23(26,22(25)24-27)15-18(2)31-16-19-8-6-5-7-9-19/h5-13,18,26-27H,3-4,14-17H2,1-2H3,(H,24,25). The molecule has 0 saturated heterocycles. The molecule has 0 aliphatic rings. The first-order valence-corrected chi connectivity index (χ1v) is 13.2. The summed E-state index contributed by atoms with van der Waals surface area (Å²) in [5.41, 5.74) is 0.206. The molecule has 1 amide bonds. The van der Waals surface area contributed by atoms with Gasteiger partial charge in [-0.2, -0.15) is 11.8 Å². The molecule has 2 rings (SSSR count). The average molecular weight is 482 g/mol. The van der Waals surface area contributed by atoms with Crippen molar-refractivity contribution in [3.8, 4) is 5.75 Å². The van der Waals surface area contributed by atoms with E-state index in [-0.39, 0.29) is 16.6 Å². The molecule has 0 spiro atoms. The Hall–Kier alpha value is -2.07. The third-order valence-corrected chi connectivity index (χ3v) is 7.99. The van der Waals surface area contributed by atoms with Gasteiger partial charge in [-0.25, -0.2) is 13.9 Å². The highest BCUT2D eigenvalue weighted by atomic mass is 32.2. The first kappa shape index (κ1) is 26.2. The van der Waals surface area contributed by atoms with Crippen LogP contribution in [-0.4, -0.2) is 47.8 Å². The number of carbonyl (C=O) groups is 1. The SMILES string of the molecule is CCCCOc1ccc(S(=O)(=O)CC(O)(CC(C)SCc2ccccc2)C(=O)NO)cc1. The van der Waals surface area contributed by atoms with Gasteiger partial charge in [0.1, 0.15) is 5.75 Å². The monoisotopic (exact) mass is 481 g/mol. The molecule has 0 bridgehead atoms. The maximum atomic E-state index is 12.9. The van der Waals surface area contributed by atoms with Gasteiger partial charge in [-0.1, -0.05) is 50.6 Å². The summed E-state index contributed by atoms with van der Waals surface area (Å²) in [4.78, 5) is 12.2. The molecule has 9 heteroatoms. The van der Waals surface area contributed by atoms with Gasteiger partial charge in [0.2, 0.25) is 0 Å². The maximum Gasteiger partial charge on any atom is 0.276 e. The number of hydrogen-bond acceptors (Lipinski definition) is 7. The van der Waals surface area contributed by atoms with E-state index >= 15 is 0 Å². The zero-order chi connectivity index (χ0) is 23.6. The fraction of sp³-hybridized carbons (Fsp3) is 0.435. The Kier molecular flexibility index (Phi) is 10.0. The second-order valence-corrected chi connectivity index (χ2v) is 11.1. The highest BCUT2D eigenvalue weighted by molar-refractivity contribution is 7.99. The number of hydrogen-bond donors (Lipinski definition) is 3. The van der Waals surface area contributed by atoms with Gasteiger partial charge >= 0.3 is 0 Å². The molecule has 0 heterocycles. The normalized spacial score (nSPS) is 14.4. The van der Waals surface area contributed by atoms with Gasteiger partial charge in [0.15, 0.2) is 15.4 Å². The molecular weight excluding hydrogens is 450 g/mol. The van der Waals surface area contributed by atoms with Crippen LogP contribution < -0.4 is 10.2 Å². The zero-order valence-electron chi connectivity index (χ0n) is 18.4. The third kappa shape index (κ3) is 7.81. The molecule has 0 aromatic heterocycles. The number of thioether (sulfide) groups is 1. The van der Waals surface area contributed by atoms with Crippen LogP contribution in [0, 0.1) is 0 Å². The van der Waals surface area contributed by atoms with Crippen LogP contribution in [0.15, 0.2) is 59.5 Å². The molecule has 2 aromatic carbocycles. The van der Waals surface area contributed by atoms with E-state index in [1.807, 2.05) is 37.3 Å². The number of unbranched alkanes of at least 4 members (excludes halogenated alkanes) is 1. The number of rotatable bonds is 13. The summed E-state index contributed by atoms with van der Waals surface area (Å²) >= 11 is 1.48. The Labute approximate surface area is 194 Å². The summed E-state index contributed by atoms with van der Waals surface area (Å²) in [6.45, 7) is 4.39. The fourth-order valence-electron chi connectivity index (χ4n) is 3.14. The predicted molar refractivity (Wildman–Crippen MR) is 126 cm³/mol. The van der Waals surface area contributed by atoms with Crippen LogP contribution >= 0.6 is 11.8 Å². The van der Waals surface area contributed by atoms with Crippen LogP contribution in [-0.2, 0) is 20.4 Å². The number of ether oxygens (including phenoxy) is 1. The summed E-state index contributed by atoms with van der Waals surface area (Å²) in [5.74, 6) is -0.802. The Balaban J connectivity index is 2.09. The minimum Gasteiger partial charge on any atom is -0.494 e. The van der Waals surface area contributed by atoms with Crippen molar-refractivity contribution < 1.29 is 28.3 Å². The molecular formula is C23H31NO6S2. The summed E-state index contributed by atoms with van der Waals surface area (Å²) in [6, 6.07) is 15.6. The molecule has 0 aliphatic heterocycles. The van der Waals surface area contributed by atoms with Gasteiger partial charge in [-0.3, -0.25) is 10.0 Å². The number of sulfone groups is 1. The number of amides is 1. The molecule has 2 aromatic rings. The lowest BCUT2D eigenvalue weighted by atomic mass is 9.99. The van der Waals surface area contributed by atoms with Gasteiger partial charge in [0.05, 0.1) is 17.3 Å². The third-order valence-electron chi connectivity index (χ3n) is 4.90. The number of hydroxylamine groups is 1. The Bertz CT molecular complexity index is 950. The van der Waals surface area contributed by atoms with Gasteiger partial charge < -0.3 is 9.84 Å². The molecule has 2 atom stereocenters. The van der Waals surface area contributed by atoms with Crippen LogP contribution in [0.1, 0.15) is 38.7 Å². The van der Waals surface area contributed by atoms with E-state index in [4.69, 9.17) is 9.94 Å². The first-order valence-electron chi connectivity index (χ1n) is 10.5. The fourth-order valence-corrected chi connectivity index (χ4v) is 5.80. The van der Waals surface area contributed by atoms with Gasteiger partial charge in [-0.15, -0.1) is 0 Å². The number of nitrogens with one attached hydrogen (secondary N) is 1. The van der Waals surface area contributed by atoms with Crippen molar-refractivity contribution in [1.82, 2.24) is 5.48 Å². The van der Waals surface area contributed by atoms with E-state index in [9.17, 15) is 18.3 Å². The topological polar surface area (TPSA) is 113 Å². The van der Waals surface area contributed by atoms with Crippen molar-refractivity contribution in [3.63, 3.8) is 0 Å². The molecule has 7 nitrogen and oxygen atoms in total. The molecule has 176 valence electrons.